The first-order chi connectivity index (χ1) is 14.9. The Labute approximate surface area is 186 Å². The first-order valence-corrected chi connectivity index (χ1v) is 12.7. The molecule has 6 aliphatic rings. The summed E-state index contributed by atoms with van der Waals surface area (Å²) >= 11 is 0. The third-order valence-corrected chi connectivity index (χ3v) is 10.9. The van der Waals surface area contributed by atoms with Gasteiger partial charge in [-0.05, 0) is 74.5 Å². The molecule has 31 heavy (non-hydrogen) atoms. The third-order valence-electron chi connectivity index (χ3n) is 10.9. The highest BCUT2D eigenvalue weighted by atomic mass is 16.7. The molecule has 4 aliphatic carbocycles. The van der Waals surface area contributed by atoms with Crippen LogP contribution < -0.4 is 0 Å². The molecule has 0 unspecified atom stereocenters. The monoisotopic (exact) mass is 436 g/mol. The number of ether oxygens (including phenoxy) is 4. The molecule has 8 atom stereocenters. The number of fused-ring (bicyclic) bond motifs is 5. The van der Waals surface area contributed by atoms with Gasteiger partial charge in [-0.25, -0.2) is 0 Å². The Morgan fingerprint density at radius 2 is 1.55 bits per heavy atom. The molecule has 1 spiro atoms. The Hall–Kier alpha value is -0.240. The normalized spacial score (nSPS) is 52.6. The number of hydrogen-bond acceptors (Lipinski definition) is 6. The Bertz CT molecular complexity index is 700. The molecule has 2 aliphatic heterocycles. The van der Waals surface area contributed by atoms with Crippen LogP contribution in [0.5, 0.6) is 0 Å². The minimum atomic E-state index is -0.625. The van der Waals surface area contributed by atoms with Crippen LogP contribution in [0.25, 0.3) is 0 Å². The van der Waals surface area contributed by atoms with E-state index in [0.717, 1.165) is 38.5 Å². The molecular weight excluding hydrogens is 396 g/mol. The second kappa shape index (κ2) is 7.13. The predicted molar refractivity (Wildman–Crippen MR) is 113 cm³/mol. The van der Waals surface area contributed by atoms with E-state index in [2.05, 4.69) is 13.8 Å². The molecular formula is C25H40O6. The van der Waals surface area contributed by atoms with Gasteiger partial charge in [-0.1, -0.05) is 6.92 Å². The lowest BCUT2D eigenvalue weighted by molar-refractivity contribution is -0.260. The first-order valence-electron chi connectivity index (χ1n) is 12.7. The van der Waals surface area contributed by atoms with Crippen LogP contribution in [0.2, 0.25) is 0 Å². The fourth-order valence-electron chi connectivity index (χ4n) is 9.68. The number of hydrogen-bond donors (Lipinski definition) is 2. The second-order valence-electron chi connectivity index (χ2n) is 11.9. The van der Waals surface area contributed by atoms with Gasteiger partial charge >= 0.3 is 0 Å². The van der Waals surface area contributed by atoms with E-state index in [9.17, 15) is 10.2 Å². The van der Waals surface area contributed by atoms with Crippen LogP contribution in [0.4, 0.5) is 0 Å². The van der Waals surface area contributed by atoms with Gasteiger partial charge in [0.15, 0.2) is 11.6 Å². The molecule has 0 bridgehead atoms. The van der Waals surface area contributed by atoms with Gasteiger partial charge in [0, 0.05) is 30.8 Å². The van der Waals surface area contributed by atoms with Gasteiger partial charge in [-0.2, -0.15) is 0 Å². The van der Waals surface area contributed by atoms with E-state index in [-0.39, 0.29) is 35.2 Å². The Balaban J connectivity index is 1.30. The second-order valence-corrected chi connectivity index (χ2v) is 11.9. The summed E-state index contributed by atoms with van der Waals surface area (Å²) in [7, 11) is 0. The van der Waals surface area contributed by atoms with E-state index in [4.69, 9.17) is 18.9 Å². The summed E-state index contributed by atoms with van der Waals surface area (Å²) in [5, 5.41) is 22.5. The zero-order chi connectivity index (χ0) is 21.5. The largest absolute Gasteiger partial charge is 0.396 e. The van der Waals surface area contributed by atoms with Crippen molar-refractivity contribution in [1.29, 1.82) is 0 Å². The Kier molecular flexibility index (Phi) is 4.90. The molecule has 0 aromatic rings. The van der Waals surface area contributed by atoms with Crippen LogP contribution in [-0.4, -0.2) is 60.9 Å². The molecule has 0 aromatic carbocycles. The van der Waals surface area contributed by atoms with Gasteiger partial charge in [-0.3, -0.25) is 0 Å². The van der Waals surface area contributed by atoms with E-state index < -0.39 is 5.79 Å². The quantitative estimate of drug-likeness (QED) is 0.693. The molecule has 6 fully saturated rings. The van der Waals surface area contributed by atoms with Crippen molar-refractivity contribution in [3.8, 4) is 0 Å². The smallest absolute Gasteiger partial charge is 0.169 e. The summed E-state index contributed by atoms with van der Waals surface area (Å²) in [5.41, 5.74) is -0.177. The maximum Gasteiger partial charge on any atom is 0.169 e. The summed E-state index contributed by atoms with van der Waals surface area (Å²) in [4.78, 5) is 0. The van der Waals surface area contributed by atoms with Crippen LogP contribution >= 0.6 is 0 Å². The van der Waals surface area contributed by atoms with Crippen molar-refractivity contribution in [1.82, 2.24) is 0 Å². The van der Waals surface area contributed by atoms with Gasteiger partial charge in [0.1, 0.15) is 0 Å². The van der Waals surface area contributed by atoms with Gasteiger partial charge in [-0.15, -0.1) is 0 Å². The average molecular weight is 437 g/mol. The summed E-state index contributed by atoms with van der Waals surface area (Å²) in [6.07, 6.45) is 7.69. The van der Waals surface area contributed by atoms with Crippen molar-refractivity contribution < 1.29 is 29.2 Å². The van der Waals surface area contributed by atoms with Crippen LogP contribution in [-0.2, 0) is 18.9 Å². The van der Waals surface area contributed by atoms with E-state index in [1.54, 1.807) is 0 Å². The van der Waals surface area contributed by atoms with Crippen LogP contribution in [0, 0.1) is 40.4 Å². The predicted octanol–water partition coefficient (Wildman–Crippen LogP) is 3.09. The summed E-state index contributed by atoms with van der Waals surface area (Å²) in [6, 6.07) is 0. The molecule has 4 saturated carbocycles. The average Bonchev–Trinajstić information content (AvgIpc) is 3.48. The van der Waals surface area contributed by atoms with Gasteiger partial charge in [0.05, 0.1) is 32.5 Å². The lowest BCUT2D eigenvalue weighted by Gasteiger charge is -2.63. The Morgan fingerprint density at radius 1 is 0.839 bits per heavy atom. The number of rotatable bonds is 2. The molecule has 6 nitrogen and oxygen atoms in total. The topological polar surface area (TPSA) is 77.4 Å². The van der Waals surface area contributed by atoms with Crippen molar-refractivity contribution in [3.05, 3.63) is 0 Å². The fraction of sp³-hybridized carbons (Fsp3) is 1.00. The highest BCUT2D eigenvalue weighted by Crippen LogP contribution is 2.69. The third kappa shape index (κ3) is 2.85. The lowest BCUT2D eigenvalue weighted by atomic mass is 9.43. The van der Waals surface area contributed by atoms with Gasteiger partial charge in [0.2, 0.25) is 0 Å². The van der Waals surface area contributed by atoms with Crippen LogP contribution in [0.3, 0.4) is 0 Å². The highest BCUT2D eigenvalue weighted by Gasteiger charge is 2.68. The molecule has 6 heteroatoms. The van der Waals surface area contributed by atoms with Crippen molar-refractivity contribution in [2.45, 2.75) is 82.9 Å². The molecule has 176 valence electrons. The van der Waals surface area contributed by atoms with Crippen LogP contribution in [0.15, 0.2) is 0 Å². The number of aliphatic hydroxyl groups is 2. The van der Waals surface area contributed by atoms with Gasteiger partial charge < -0.3 is 29.2 Å². The van der Waals surface area contributed by atoms with Crippen molar-refractivity contribution >= 4 is 0 Å². The minimum absolute atomic E-state index is 0.118. The molecule has 0 radical (unpaired) electrons. The summed E-state index contributed by atoms with van der Waals surface area (Å²) in [5.74, 6) is 0.892. The van der Waals surface area contributed by atoms with E-state index in [0.29, 0.717) is 56.5 Å². The van der Waals surface area contributed by atoms with Gasteiger partial charge in [0.25, 0.3) is 0 Å². The fourth-order valence-corrected chi connectivity index (χ4v) is 9.68. The van der Waals surface area contributed by atoms with Crippen molar-refractivity contribution in [3.63, 3.8) is 0 Å². The Morgan fingerprint density at radius 3 is 2.26 bits per heavy atom. The van der Waals surface area contributed by atoms with E-state index in [1.807, 2.05) is 0 Å². The van der Waals surface area contributed by atoms with E-state index in [1.165, 1.54) is 6.42 Å². The maximum atomic E-state index is 11.7. The highest BCUT2D eigenvalue weighted by molar-refractivity contribution is 5.15. The molecule has 2 saturated heterocycles. The minimum Gasteiger partial charge on any atom is -0.396 e. The SMILES string of the molecule is CC1([C@@H]2CC[C@@H]3[C@H]4CC[C@H]5CC6(CC[C@]5(C)[C@@H]4[C@H](O)C[C@]32CO)OCCO6)OCCO1. The van der Waals surface area contributed by atoms with Crippen molar-refractivity contribution in [2.24, 2.45) is 40.4 Å². The zero-order valence-electron chi connectivity index (χ0n) is 19.2. The maximum absolute atomic E-state index is 11.7. The van der Waals surface area contributed by atoms with E-state index >= 15 is 0 Å². The molecule has 2 heterocycles. The standard InChI is InChI=1S/C25H40O6/c1-22-7-8-25(30-11-12-31-25)13-16(22)3-4-17-18-5-6-20(23(2)28-9-10-29-23)24(18,15-26)14-19(27)21(17)22/h16-21,26-27H,3-15H2,1-2H3/t16-,17+,18+,19+,20-,21-,22-,24-/m0/s1. The molecule has 0 aromatic heterocycles. The first kappa shape index (κ1) is 21.3. The molecule has 0 amide bonds. The molecule has 2 N–H and O–H groups in total. The lowest BCUT2D eigenvalue weighted by Crippen LogP contribution is -2.62. The van der Waals surface area contributed by atoms with Crippen molar-refractivity contribution in [2.75, 3.05) is 33.0 Å². The molecule has 6 rings (SSSR count). The summed E-state index contributed by atoms with van der Waals surface area (Å²) < 4.78 is 24.3. The number of aliphatic hydroxyl groups excluding tert-OH is 2. The summed E-state index contributed by atoms with van der Waals surface area (Å²) in [6.45, 7) is 7.29. The zero-order valence-corrected chi connectivity index (χ0v) is 19.2. The van der Waals surface area contributed by atoms with Crippen LogP contribution in [0.1, 0.15) is 65.2 Å².